The highest BCUT2D eigenvalue weighted by atomic mass is 32.1. The highest BCUT2D eigenvalue weighted by Gasteiger charge is 2.10. The topological polar surface area (TPSA) is 38.9 Å². The first-order valence-electron chi connectivity index (χ1n) is 6.89. The molecular formula is C18H12N2OS. The van der Waals surface area contributed by atoms with Gasteiger partial charge in [-0.2, -0.15) is 11.3 Å². The molecule has 4 heteroatoms. The molecule has 3 nitrogen and oxygen atoms in total. The van der Waals surface area contributed by atoms with E-state index in [0.29, 0.717) is 0 Å². The van der Waals surface area contributed by atoms with E-state index in [9.17, 15) is 0 Å². The summed E-state index contributed by atoms with van der Waals surface area (Å²) in [5.41, 5.74) is 5.02. The molecule has 0 amide bonds. The third-order valence-electron chi connectivity index (χ3n) is 3.41. The number of rotatable bonds is 3. The van der Waals surface area contributed by atoms with Crippen LogP contribution in [0.1, 0.15) is 0 Å². The number of hydrogen-bond donors (Lipinski definition) is 0. The fourth-order valence-corrected chi connectivity index (χ4v) is 3.00. The lowest BCUT2D eigenvalue weighted by atomic mass is 10.0. The van der Waals surface area contributed by atoms with Gasteiger partial charge in [0.25, 0.3) is 0 Å². The third-order valence-corrected chi connectivity index (χ3v) is 4.09. The highest BCUT2D eigenvalue weighted by Crippen LogP contribution is 2.30. The first kappa shape index (κ1) is 13.0. The first-order chi connectivity index (χ1) is 10.9. The summed E-state index contributed by atoms with van der Waals surface area (Å²) >= 11 is 1.68. The van der Waals surface area contributed by atoms with Gasteiger partial charge in [0, 0.05) is 18.0 Å². The van der Waals surface area contributed by atoms with Gasteiger partial charge in [0.15, 0.2) is 5.76 Å². The smallest absolute Gasteiger partial charge is 0.152 e. The molecule has 4 heterocycles. The van der Waals surface area contributed by atoms with Crippen molar-refractivity contribution in [2.24, 2.45) is 0 Å². The van der Waals surface area contributed by atoms with Gasteiger partial charge in [-0.3, -0.25) is 4.98 Å². The fourth-order valence-electron chi connectivity index (χ4n) is 2.34. The van der Waals surface area contributed by atoms with Crippen molar-refractivity contribution in [3.05, 3.63) is 71.9 Å². The second-order valence-electron chi connectivity index (χ2n) is 4.86. The zero-order chi connectivity index (χ0) is 14.8. The molecule has 4 aromatic rings. The van der Waals surface area contributed by atoms with Crippen LogP contribution in [0.5, 0.6) is 0 Å². The standard InChI is InChI=1S/C18H12N2OS/c1-3-13(11-19-6-1)16-9-15(14-5-8-22-12-14)10-17(20-16)18-4-2-7-21-18/h1-12H. The molecule has 0 aliphatic heterocycles. The Morgan fingerprint density at radius 1 is 0.909 bits per heavy atom. The molecule has 22 heavy (non-hydrogen) atoms. The van der Waals surface area contributed by atoms with Crippen molar-refractivity contribution in [2.75, 3.05) is 0 Å². The second-order valence-corrected chi connectivity index (χ2v) is 5.64. The van der Waals surface area contributed by atoms with Gasteiger partial charge in [-0.25, -0.2) is 4.98 Å². The van der Waals surface area contributed by atoms with Crippen LogP contribution in [0.3, 0.4) is 0 Å². The van der Waals surface area contributed by atoms with E-state index < -0.39 is 0 Å². The van der Waals surface area contributed by atoms with Crippen molar-refractivity contribution in [3.63, 3.8) is 0 Å². The van der Waals surface area contributed by atoms with Crippen molar-refractivity contribution in [1.29, 1.82) is 0 Å². The summed E-state index contributed by atoms with van der Waals surface area (Å²) in [4.78, 5) is 8.91. The normalized spacial score (nSPS) is 10.7. The van der Waals surface area contributed by atoms with E-state index in [1.54, 1.807) is 23.8 Å². The van der Waals surface area contributed by atoms with E-state index in [4.69, 9.17) is 9.40 Å². The Hall–Kier alpha value is -2.72. The Morgan fingerprint density at radius 2 is 1.86 bits per heavy atom. The van der Waals surface area contributed by atoms with Crippen molar-refractivity contribution in [2.45, 2.75) is 0 Å². The van der Waals surface area contributed by atoms with E-state index >= 15 is 0 Å². The van der Waals surface area contributed by atoms with Crippen LogP contribution in [0.2, 0.25) is 0 Å². The maximum absolute atomic E-state index is 5.51. The summed E-state index contributed by atoms with van der Waals surface area (Å²) in [6.07, 6.45) is 5.25. The van der Waals surface area contributed by atoms with Gasteiger partial charge < -0.3 is 4.42 Å². The van der Waals surface area contributed by atoms with E-state index in [1.807, 2.05) is 30.5 Å². The Kier molecular flexibility index (Phi) is 3.29. The molecule has 0 saturated heterocycles. The molecule has 4 rings (SSSR count). The van der Waals surface area contributed by atoms with Gasteiger partial charge in [-0.15, -0.1) is 0 Å². The van der Waals surface area contributed by atoms with Gasteiger partial charge in [0.2, 0.25) is 0 Å². The Labute approximate surface area is 131 Å². The van der Waals surface area contributed by atoms with E-state index in [1.165, 1.54) is 5.56 Å². The maximum atomic E-state index is 5.51. The van der Waals surface area contributed by atoms with Crippen LogP contribution in [-0.2, 0) is 0 Å². The second kappa shape index (κ2) is 5.58. The van der Waals surface area contributed by atoms with E-state index in [0.717, 1.165) is 28.3 Å². The number of pyridine rings is 2. The van der Waals surface area contributed by atoms with E-state index in [2.05, 4.69) is 33.9 Å². The van der Waals surface area contributed by atoms with Crippen molar-refractivity contribution in [1.82, 2.24) is 9.97 Å². The summed E-state index contributed by atoms with van der Waals surface area (Å²) < 4.78 is 5.51. The molecule has 0 bridgehead atoms. The molecule has 0 spiro atoms. The lowest BCUT2D eigenvalue weighted by Gasteiger charge is -2.07. The Bertz CT molecular complexity index is 816. The minimum absolute atomic E-state index is 0.766. The maximum Gasteiger partial charge on any atom is 0.152 e. The predicted octanol–water partition coefficient (Wildman–Crippen LogP) is 5.13. The van der Waals surface area contributed by atoms with Crippen LogP contribution in [0.15, 0.2) is 76.3 Å². The van der Waals surface area contributed by atoms with Crippen molar-refractivity contribution < 1.29 is 4.42 Å². The zero-order valence-electron chi connectivity index (χ0n) is 11.6. The quantitative estimate of drug-likeness (QED) is 0.526. The Morgan fingerprint density at radius 3 is 2.59 bits per heavy atom. The van der Waals surface area contributed by atoms with Crippen molar-refractivity contribution in [3.8, 4) is 33.8 Å². The number of thiophene rings is 1. The third kappa shape index (κ3) is 2.44. The summed E-state index contributed by atoms with van der Waals surface area (Å²) in [6, 6.07) is 14.0. The molecule has 0 aliphatic rings. The number of aromatic nitrogens is 2. The first-order valence-corrected chi connectivity index (χ1v) is 7.83. The minimum Gasteiger partial charge on any atom is -0.463 e. The Balaban J connectivity index is 1.91. The van der Waals surface area contributed by atoms with Crippen LogP contribution in [0.4, 0.5) is 0 Å². The zero-order valence-corrected chi connectivity index (χ0v) is 12.5. The summed E-state index contributed by atoms with van der Waals surface area (Å²) in [7, 11) is 0. The monoisotopic (exact) mass is 304 g/mol. The van der Waals surface area contributed by atoms with Gasteiger partial charge >= 0.3 is 0 Å². The van der Waals surface area contributed by atoms with Gasteiger partial charge in [-0.05, 0) is 64.4 Å². The predicted molar refractivity (Wildman–Crippen MR) is 88.5 cm³/mol. The van der Waals surface area contributed by atoms with Gasteiger partial charge in [-0.1, -0.05) is 0 Å². The lowest BCUT2D eigenvalue weighted by Crippen LogP contribution is -1.90. The molecule has 4 aromatic heterocycles. The SMILES string of the molecule is c1cncc(-c2cc(-c3ccsc3)cc(-c3ccco3)n2)c1. The molecule has 0 N–H and O–H groups in total. The van der Waals surface area contributed by atoms with Crippen molar-refractivity contribution >= 4 is 11.3 Å². The molecule has 0 aliphatic carbocycles. The summed E-state index contributed by atoms with van der Waals surface area (Å²) in [6.45, 7) is 0. The number of nitrogens with zero attached hydrogens (tertiary/aromatic N) is 2. The van der Waals surface area contributed by atoms with Crippen LogP contribution in [-0.4, -0.2) is 9.97 Å². The molecule has 0 atom stereocenters. The number of furan rings is 1. The van der Waals surface area contributed by atoms with Gasteiger partial charge in [0.05, 0.1) is 12.0 Å². The number of hydrogen-bond acceptors (Lipinski definition) is 4. The van der Waals surface area contributed by atoms with Crippen LogP contribution in [0, 0.1) is 0 Å². The average Bonchev–Trinajstić information content (AvgIpc) is 3.29. The molecule has 106 valence electrons. The van der Waals surface area contributed by atoms with Crippen LogP contribution >= 0.6 is 11.3 Å². The molecule has 0 unspecified atom stereocenters. The highest BCUT2D eigenvalue weighted by molar-refractivity contribution is 7.08. The molecular weight excluding hydrogens is 292 g/mol. The molecule has 0 fully saturated rings. The summed E-state index contributed by atoms with van der Waals surface area (Å²) in [5, 5.41) is 4.21. The minimum atomic E-state index is 0.766. The molecule has 0 radical (unpaired) electrons. The van der Waals surface area contributed by atoms with Crippen LogP contribution < -0.4 is 0 Å². The lowest BCUT2D eigenvalue weighted by molar-refractivity contribution is 0.580. The molecule has 0 saturated carbocycles. The average molecular weight is 304 g/mol. The fraction of sp³-hybridized carbons (Fsp3) is 0. The largest absolute Gasteiger partial charge is 0.463 e. The van der Waals surface area contributed by atoms with E-state index in [-0.39, 0.29) is 0 Å². The molecule has 0 aromatic carbocycles. The van der Waals surface area contributed by atoms with Gasteiger partial charge in [0.1, 0.15) is 5.69 Å². The summed E-state index contributed by atoms with van der Waals surface area (Å²) in [5.74, 6) is 0.766. The van der Waals surface area contributed by atoms with Crippen LogP contribution in [0.25, 0.3) is 33.8 Å².